The number of aromatic hydroxyl groups is 1. The van der Waals surface area contributed by atoms with Crippen LogP contribution in [0.1, 0.15) is 176 Å². The standard InChI is InChI=1S/C67H89N3O9/c1-5-41-28-44-14-13-43(41)29-49(72)36-66(20-10-19-65(66)23-26-77-67(38-65)21-7-6-8-22-67)39-70-64(68)69-24-18-50-46(37-71)15-12-42-11-9-25-76-56-17-16-45(33-58(56)79-62(42)50)63-55(74)34-53-57(78-63)35-59(75-4)61-52-31-48(27-40(2)3)54(73)32-47(52)30-51(44)60(53)61/h13-14,16-17,31-33,35,40-44,46,49-51,55,62-63,71-74H,5-8,10-12,15,18-24,26-30,34,36-39H2,1-4H3,(H3,68,69,70). The predicted molar refractivity (Wildman–Crippen MR) is 307 cm³/mol. The van der Waals surface area contributed by atoms with Crippen LogP contribution in [0.15, 0.2) is 53.5 Å². The minimum absolute atomic E-state index is 0.00220. The molecule has 12 heteroatoms. The fourth-order valence-corrected chi connectivity index (χ4v) is 17.7. The Balaban J connectivity index is 0.968. The molecular formula is C67H89N3O9. The van der Waals surface area contributed by atoms with E-state index in [-0.39, 0.29) is 64.6 Å². The Morgan fingerprint density at radius 3 is 2.53 bits per heavy atom. The summed E-state index contributed by atoms with van der Waals surface area (Å²) in [5.41, 5.74) is 13.7. The molecule has 0 radical (unpaired) electrons. The Bertz CT molecular complexity index is 2840. The third-order valence-electron chi connectivity index (χ3n) is 21.6. The van der Waals surface area contributed by atoms with Crippen molar-refractivity contribution in [1.29, 1.82) is 0 Å². The molecular weight excluding hydrogens is 991 g/mol. The molecule has 7 aliphatic heterocycles. The average Bonchev–Trinajstić information content (AvgIpc) is 4.03. The highest BCUT2D eigenvalue weighted by Crippen LogP contribution is 2.65. The Morgan fingerprint density at radius 2 is 1.72 bits per heavy atom. The van der Waals surface area contributed by atoms with Crippen molar-refractivity contribution >= 4 is 5.96 Å². The van der Waals surface area contributed by atoms with Crippen molar-refractivity contribution in [3.8, 4) is 51.9 Å². The molecule has 7 heterocycles. The predicted octanol–water partition coefficient (Wildman–Crippen LogP) is 11.4. The van der Waals surface area contributed by atoms with Crippen LogP contribution in [0, 0.1) is 64.3 Å². The second-order valence-electron chi connectivity index (χ2n) is 26.6. The Kier molecular flexibility index (Phi) is 15.5. The number of nitrogens with one attached hydrogen (secondary N) is 1. The molecule has 0 amide bonds. The van der Waals surface area contributed by atoms with Gasteiger partial charge in [0.2, 0.25) is 0 Å². The maximum absolute atomic E-state index is 12.8. The molecule has 13 atom stereocenters. The number of benzene rings is 3. The minimum atomic E-state index is -0.892. The van der Waals surface area contributed by atoms with Gasteiger partial charge in [-0.3, -0.25) is 4.99 Å². The number of methoxy groups -OCH3 is 1. The number of aliphatic imine (C=N–C) groups is 1. The number of rotatable bonds is 5. The second kappa shape index (κ2) is 22.4. The summed E-state index contributed by atoms with van der Waals surface area (Å²) < 4.78 is 33.7. The lowest BCUT2D eigenvalue weighted by Gasteiger charge is -2.55. The van der Waals surface area contributed by atoms with Crippen LogP contribution in [0.4, 0.5) is 0 Å². The van der Waals surface area contributed by atoms with E-state index in [2.05, 4.69) is 56.3 Å². The van der Waals surface area contributed by atoms with Crippen molar-refractivity contribution in [2.24, 2.45) is 63.0 Å². The highest BCUT2D eigenvalue weighted by Gasteiger charge is 2.60. The lowest BCUT2D eigenvalue weighted by Crippen LogP contribution is -2.53. The van der Waals surface area contributed by atoms with Gasteiger partial charge in [0.05, 0.1) is 24.9 Å². The molecule has 9 bridgehead atoms. The number of aliphatic hydroxyl groups excluding tert-OH is 3. The molecule has 7 N–H and O–H groups in total. The zero-order valence-electron chi connectivity index (χ0n) is 47.6. The van der Waals surface area contributed by atoms with Gasteiger partial charge in [0, 0.05) is 68.2 Å². The van der Waals surface area contributed by atoms with Crippen LogP contribution in [0.3, 0.4) is 0 Å². The van der Waals surface area contributed by atoms with Crippen molar-refractivity contribution < 1.29 is 44.1 Å². The number of phenolic OH excluding ortho intramolecular Hbond substituents is 1. The Hall–Kier alpha value is -4.93. The van der Waals surface area contributed by atoms with E-state index in [1.54, 1.807) is 7.11 Å². The largest absolute Gasteiger partial charge is 0.508 e. The van der Waals surface area contributed by atoms with E-state index in [4.69, 9.17) is 34.4 Å². The fourth-order valence-electron chi connectivity index (χ4n) is 17.7. The molecule has 79 heavy (non-hydrogen) atoms. The molecule has 15 rings (SSSR count). The first-order valence-corrected chi connectivity index (χ1v) is 30.9. The maximum atomic E-state index is 12.8. The quantitative estimate of drug-likeness (QED) is 0.106. The third-order valence-corrected chi connectivity index (χ3v) is 21.6. The van der Waals surface area contributed by atoms with E-state index in [1.165, 1.54) is 19.3 Å². The van der Waals surface area contributed by atoms with Gasteiger partial charge in [0.1, 0.15) is 35.6 Å². The van der Waals surface area contributed by atoms with Gasteiger partial charge in [0.15, 0.2) is 17.5 Å². The topological polar surface area (TPSA) is 177 Å². The summed E-state index contributed by atoms with van der Waals surface area (Å²) in [6.07, 6.45) is 24.8. The van der Waals surface area contributed by atoms with Crippen LogP contribution in [0.2, 0.25) is 0 Å². The number of ether oxygens (including phenoxy) is 5. The lowest BCUT2D eigenvalue weighted by molar-refractivity contribution is -0.172. The van der Waals surface area contributed by atoms with Gasteiger partial charge in [-0.25, -0.2) is 0 Å². The molecule has 12 aliphatic rings. The van der Waals surface area contributed by atoms with Crippen molar-refractivity contribution in [2.75, 3.05) is 33.4 Å². The summed E-state index contributed by atoms with van der Waals surface area (Å²) in [5.74, 6) is 7.67. The van der Waals surface area contributed by atoms with E-state index in [9.17, 15) is 20.4 Å². The zero-order valence-corrected chi connectivity index (χ0v) is 47.6. The van der Waals surface area contributed by atoms with Gasteiger partial charge in [0.25, 0.3) is 0 Å². The third kappa shape index (κ3) is 10.3. The van der Waals surface area contributed by atoms with Crippen molar-refractivity contribution in [3.63, 3.8) is 0 Å². The molecule has 426 valence electrons. The number of aliphatic hydroxyl groups is 3. The highest BCUT2D eigenvalue weighted by molar-refractivity contribution is 5.84. The summed E-state index contributed by atoms with van der Waals surface area (Å²) >= 11 is 0. The van der Waals surface area contributed by atoms with E-state index < -0.39 is 18.3 Å². The number of hydrogen-bond donors (Lipinski definition) is 6. The van der Waals surface area contributed by atoms with Gasteiger partial charge in [-0.15, -0.1) is 0 Å². The smallest absolute Gasteiger partial charge is 0.188 e. The van der Waals surface area contributed by atoms with Gasteiger partial charge >= 0.3 is 0 Å². The van der Waals surface area contributed by atoms with Gasteiger partial charge in [-0.05, 0) is 188 Å². The van der Waals surface area contributed by atoms with E-state index in [0.29, 0.717) is 91.7 Å². The molecule has 3 aromatic rings. The lowest BCUT2D eigenvalue weighted by atomic mass is 9.55. The summed E-state index contributed by atoms with van der Waals surface area (Å²) in [7, 11) is 1.73. The van der Waals surface area contributed by atoms with Gasteiger partial charge in [-0.2, -0.15) is 0 Å². The molecule has 5 aliphatic carbocycles. The number of fused-ring (bicyclic) bond motifs is 2. The normalized spacial score (nSPS) is 34.7. The van der Waals surface area contributed by atoms with Crippen LogP contribution in [-0.2, 0) is 24.0 Å². The zero-order chi connectivity index (χ0) is 54.6. The molecule has 3 saturated carbocycles. The van der Waals surface area contributed by atoms with E-state index >= 15 is 0 Å². The SMILES string of the molecule is CCC1CC2C=CC1CC(O)CC1(CCCC13CCOC1(CCCCC1)C3)CN=C(N)NCCC1C(CO)CCC3CC#COc4ccc(cc4OC31)C1Oc3cc(OC)c4c(c3CC1O)C2Cc1cc(O)c(CC(C)C)cc1-4. The van der Waals surface area contributed by atoms with Crippen LogP contribution in [0.25, 0.3) is 11.1 Å². The van der Waals surface area contributed by atoms with E-state index in [1.807, 2.05) is 30.3 Å². The number of guanidine groups is 1. The van der Waals surface area contributed by atoms with Crippen LogP contribution >= 0.6 is 0 Å². The molecule has 3 aromatic carbocycles. The van der Waals surface area contributed by atoms with Crippen LogP contribution in [0.5, 0.6) is 28.7 Å². The number of phenols is 1. The first-order valence-electron chi connectivity index (χ1n) is 30.9. The van der Waals surface area contributed by atoms with Crippen LogP contribution < -0.4 is 30.0 Å². The van der Waals surface area contributed by atoms with Gasteiger partial charge < -0.3 is 55.2 Å². The molecule has 13 unspecified atom stereocenters. The van der Waals surface area contributed by atoms with Crippen molar-refractivity contribution in [1.82, 2.24) is 5.32 Å². The molecule has 0 aromatic heterocycles. The number of nitrogens with zero attached hydrogens (tertiary/aromatic N) is 1. The van der Waals surface area contributed by atoms with Crippen molar-refractivity contribution in [2.45, 2.75) is 192 Å². The first kappa shape index (κ1) is 54.6. The monoisotopic (exact) mass is 1080 g/mol. The molecule has 3 spiro atoms. The molecule has 1 saturated heterocycles. The maximum Gasteiger partial charge on any atom is 0.188 e. The Morgan fingerprint density at radius 1 is 0.886 bits per heavy atom. The average molecular weight is 1080 g/mol. The molecule has 4 fully saturated rings. The fraction of sp³-hybridized carbons (Fsp3) is 0.657. The highest BCUT2D eigenvalue weighted by atomic mass is 16.5. The summed E-state index contributed by atoms with van der Waals surface area (Å²) in [6, 6.07) is 12.0. The molecule has 12 nitrogen and oxygen atoms in total. The van der Waals surface area contributed by atoms with Gasteiger partial charge in [-0.1, -0.05) is 77.0 Å². The van der Waals surface area contributed by atoms with Crippen molar-refractivity contribution in [3.05, 3.63) is 76.4 Å². The second-order valence-corrected chi connectivity index (χ2v) is 26.6. The summed E-state index contributed by atoms with van der Waals surface area (Å²) in [6.45, 7) is 8.61. The minimum Gasteiger partial charge on any atom is -0.508 e. The summed E-state index contributed by atoms with van der Waals surface area (Å²) in [4.78, 5) is 5.29. The number of hydrogen-bond acceptors (Lipinski definition) is 12. The summed E-state index contributed by atoms with van der Waals surface area (Å²) in [5, 5.41) is 51.4. The Labute approximate surface area is 469 Å². The first-order chi connectivity index (χ1) is 38.3. The van der Waals surface area contributed by atoms with E-state index in [0.717, 1.165) is 129 Å². The van der Waals surface area contributed by atoms with Crippen LogP contribution in [-0.4, -0.2) is 83.7 Å². The number of allylic oxidation sites excluding steroid dienone is 2. The number of nitrogens with two attached hydrogens (primary N) is 1.